The van der Waals surface area contributed by atoms with Crippen LogP contribution >= 0.6 is 11.3 Å². The number of fused-ring (bicyclic) bond motifs is 1. The van der Waals surface area contributed by atoms with Crippen molar-refractivity contribution in [2.45, 2.75) is 13.3 Å². The first kappa shape index (κ1) is 11.2. The summed E-state index contributed by atoms with van der Waals surface area (Å²) >= 11 is 1.54. The maximum Gasteiger partial charge on any atom is 0.238 e. The molecule has 0 spiro atoms. The largest absolute Gasteiger partial charge is 0.453 e. The minimum absolute atomic E-state index is 0.0316. The molecule has 90 valence electrons. The zero-order valence-corrected chi connectivity index (χ0v) is 10.8. The molecule has 18 heavy (non-hydrogen) atoms. The fraction of sp³-hybridized carbons (Fsp3) is 0.133. The van der Waals surface area contributed by atoms with Gasteiger partial charge in [-0.25, -0.2) is 0 Å². The van der Waals surface area contributed by atoms with Gasteiger partial charge in [0.25, 0.3) is 0 Å². The van der Waals surface area contributed by atoms with E-state index in [4.69, 9.17) is 4.42 Å². The summed E-state index contributed by atoms with van der Waals surface area (Å²) in [6.07, 6.45) is 0.956. The van der Waals surface area contributed by atoms with Gasteiger partial charge in [-0.2, -0.15) is 0 Å². The number of furan rings is 1. The molecule has 0 aliphatic rings. The first-order valence-corrected chi connectivity index (χ1v) is 6.71. The minimum Gasteiger partial charge on any atom is -0.453 e. The molecule has 0 N–H and O–H groups in total. The van der Waals surface area contributed by atoms with Crippen LogP contribution in [-0.2, 0) is 6.42 Å². The summed E-state index contributed by atoms with van der Waals surface area (Å²) in [5.41, 5.74) is 0.758. The Balaban J connectivity index is 2.00. The average molecular weight is 256 g/mol. The van der Waals surface area contributed by atoms with Crippen molar-refractivity contribution in [3.05, 3.63) is 58.0 Å². The summed E-state index contributed by atoms with van der Waals surface area (Å²) in [6.45, 7) is 2.08. The van der Waals surface area contributed by atoms with Crippen LogP contribution in [0.4, 0.5) is 0 Å². The highest BCUT2D eigenvalue weighted by molar-refractivity contribution is 7.14. The summed E-state index contributed by atoms with van der Waals surface area (Å²) in [6, 6.07) is 13.3. The van der Waals surface area contributed by atoms with Gasteiger partial charge in [0.15, 0.2) is 5.76 Å². The number of benzene rings is 1. The van der Waals surface area contributed by atoms with Crippen LogP contribution in [-0.4, -0.2) is 5.78 Å². The van der Waals surface area contributed by atoms with E-state index in [9.17, 15) is 4.79 Å². The van der Waals surface area contributed by atoms with Crippen molar-refractivity contribution >= 4 is 28.1 Å². The van der Waals surface area contributed by atoms with Gasteiger partial charge in [-0.3, -0.25) is 4.79 Å². The second-order valence-electron chi connectivity index (χ2n) is 4.10. The summed E-state index contributed by atoms with van der Waals surface area (Å²) in [7, 11) is 0. The Hall–Kier alpha value is -1.87. The molecule has 2 aromatic heterocycles. The van der Waals surface area contributed by atoms with Crippen LogP contribution in [0.25, 0.3) is 11.0 Å². The molecule has 0 unspecified atom stereocenters. The number of hydrogen-bond acceptors (Lipinski definition) is 3. The molecule has 0 fully saturated rings. The second-order valence-corrected chi connectivity index (χ2v) is 5.27. The van der Waals surface area contributed by atoms with Gasteiger partial charge >= 0.3 is 0 Å². The van der Waals surface area contributed by atoms with E-state index in [-0.39, 0.29) is 5.78 Å². The maximum absolute atomic E-state index is 12.3. The number of hydrogen-bond donors (Lipinski definition) is 0. The van der Waals surface area contributed by atoms with Gasteiger partial charge in [0.1, 0.15) is 5.58 Å². The molecule has 0 aliphatic heterocycles. The molecule has 0 bridgehead atoms. The Labute approximate surface area is 109 Å². The van der Waals surface area contributed by atoms with E-state index in [1.54, 1.807) is 0 Å². The second kappa shape index (κ2) is 4.42. The predicted octanol–water partition coefficient (Wildman–Crippen LogP) is 4.29. The van der Waals surface area contributed by atoms with Crippen LogP contribution in [0, 0.1) is 0 Å². The molecular weight excluding hydrogens is 244 g/mol. The first-order valence-electron chi connectivity index (χ1n) is 5.90. The number of aryl methyl sites for hydroxylation is 1. The number of para-hydroxylation sites is 1. The van der Waals surface area contributed by atoms with Crippen LogP contribution in [0.3, 0.4) is 0 Å². The highest BCUT2D eigenvalue weighted by Gasteiger charge is 2.16. The molecule has 3 aromatic rings. The van der Waals surface area contributed by atoms with E-state index in [1.165, 1.54) is 16.2 Å². The summed E-state index contributed by atoms with van der Waals surface area (Å²) < 4.78 is 5.58. The molecule has 0 aliphatic carbocycles. The van der Waals surface area contributed by atoms with Crippen LogP contribution in [0.1, 0.15) is 27.2 Å². The third kappa shape index (κ3) is 1.87. The molecule has 0 saturated heterocycles. The van der Waals surface area contributed by atoms with Crippen molar-refractivity contribution in [1.82, 2.24) is 0 Å². The van der Waals surface area contributed by atoms with Gasteiger partial charge in [0.2, 0.25) is 5.78 Å². The van der Waals surface area contributed by atoms with Gasteiger partial charge in [-0.1, -0.05) is 25.1 Å². The van der Waals surface area contributed by atoms with Crippen LogP contribution in [0.2, 0.25) is 0 Å². The molecule has 0 saturated carbocycles. The fourth-order valence-electron chi connectivity index (χ4n) is 1.91. The topological polar surface area (TPSA) is 30.2 Å². The molecule has 1 aromatic carbocycles. The highest BCUT2D eigenvalue weighted by atomic mass is 32.1. The highest BCUT2D eigenvalue weighted by Crippen LogP contribution is 2.24. The SMILES string of the molecule is CCc1ccc(C(=O)c2cc3ccccc3o2)s1. The summed E-state index contributed by atoms with van der Waals surface area (Å²) in [4.78, 5) is 14.2. The Bertz CT molecular complexity index is 673. The number of carbonyl (C=O) groups excluding carboxylic acids is 1. The van der Waals surface area contributed by atoms with Gasteiger partial charge in [0, 0.05) is 10.3 Å². The van der Waals surface area contributed by atoms with Crippen molar-refractivity contribution < 1.29 is 9.21 Å². The van der Waals surface area contributed by atoms with Crippen molar-refractivity contribution in [2.75, 3.05) is 0 Å². The van der Waals surface area contributed by atoms with E-state index >= 15 is 0 Å². The molecule has 0 radical (unpaired) electrons. The normalized spacial score (nSPS) is 10.9. The van der Waals surface area contributed by atoms with E-state index < -0.39 is 0 Å². The lowest BCUT2D eigenvalue weighted by molar-refractivity contribution is 0.101. The van der Waals surface area contributed by atoms with Crippen LogP contribution in [0.5, 0.6) is 0 Å². The van der Waals surface area contributed by atoms with Crippen molar-refractivity contribution in [2.24, 2.45) is 0 Å². The zero-order valence-electron chi connectivity index (χ0n) is 9.97. The third-order valence-corrected chi connectivity index (χ3v) is 4.11. The van der Waals surface area contributed by atoms with Gasteiger partial charge in [-0.15, -0.1) is 11.3 Å². The van der Waals surface area contributed by atoms with E-state index in [0.29, 0.717) is 5.76 Å². The van der Waals surface area contributed by atoms with E-state index in [0.717, 1.165) is 22.3 Å². The van der Waals surface area contributed by atoms with Crippen molar-refractivity contribution in [3.63, 3.8) is 0 Å². The van der Waals surface area contributed by atoms with Gasteiger partial charge in [-0.05, 0) is 30.7 Å². The molecule has 2 heterocycles. The van der Waals surface area contributed by atoms with Gasteiger partial charge in [0.05, 0.1) is 4.88 Å². The Kier molecular flexibility index (Phi) is 2.76. The number of rotatable bonds is 3. The Morgan fingerprint density at radius 3 is 2.78 bits per heavy atom. The fourth-order valence-corrected chi connectivity index (χ4v) is 2.80. The first-order chi connectivity index (χ1) is 8.78. The number of ketones is 1. The quantitative estimate of drug-likeness (QED) is 0.654. The standard InChI is InChI=1S/C15H12O2S/c1-2-11-7-8-14(18-11)15(16)13-9-10-5-3-4-6-12(10)17-13/h3-9H,2H2,1H3. The lowest BCUT2D eigenvalue weighted by Crippen LogP contribution is -1.95. The van der Waals surface area contributed by atoms with Gasteiger partial charge < -0.3 is 4.42 Å². The zero-order chi connectivity index (χ0) is 12.5. The molecular formula is C15H12O2S. The van der Waals surface area contributed by atoms with Crippen molar-refractivity contribution in [1.29, 1.82) is 0 Å². The molecule has 0 atom stereocenters. The molecule has 2 nitrogen and oxygen atoms in total. The van der Waals surface area contributed by atoms with E-state index in [2.05, 4.69) is 6.92 Å². The van der Waals surface area contributed by atoms with Crippen molar-refractivity contribution in [3.8, 4) is 0 Å². The lowest BCUT2D eigenvalue weighted by Gasteiger charge is -1.91. The number of carbonyl (C=O) groups is 1. The maximum atomic E-state index is 12.3. The molecule has 3 heteroatoms. The Morgan fingerprint density at radius 2 is 2.06 bits per heavy atom. The smallest absolute Gasteiger partial charge is 0.238 e. The summed E-state index contributed by atoms with van der Waals surface area (Å²) in [5, 5.41) is 0.966. The van der Waals surface area contributed by atoms with Crippen LogP contribution < -0.4 is 0 Å². The summed E-state index contributed by atoms with van der Waals surface area (Å²) in [5.74, 6) is 0.386. The Morgan fingerprint density at radius 1 is 1.22 bits per heavy atom. The van der Waals surface area contributed by atoms with E-state index in [1.807, 2.05) is 42.5 Å². The minimum atomic E-state index is -0.0316. The molecule has 0 amide bonds. The monoisotopic (exact) mass is 256 g/mol. The third-order valence-electron chi connectivity index (χ3n) is 2.88. The van der Waals surface area contributed by atoms with Crippen LogP contribution in [0.15, 0.2) is 46.9 Å². The molecule has 3 rings (SSSR count). The average Bonchev–Trinajstić information content (AvgIpc) is 3.04. The predicted molar refractivity (Wildman–Crippen MR) is 73.3 cm³/mol. The number of thiophene rings is 1. The lowest BCUT2D eigenvalue weighted by atomic mass is 10.2.